The summed E-state index contributed by atoms with van der Waals surface area (Å²) in [4.78, 5) is 10.0. The minimum Gasteiger partial charge on any atom is -0.311 e. The number of non-ortho nitro benzene ring substituents is 1. The zero-order chi connectivity index (χ0) is 14.5. The largest absolute Gasteiger partial charge is 0.311 e. The molecule has 0 aliphatic carbocycles. The number of halogens is 1. The van der Waals surface area contributed by atoms with E-state index in [1.165, 1.54) is 12.1 Å². The van der Waals surface area contributed by atoms with Crippen LogP contribution in [-0.4, -0.2) is 21.2 Å². The van der Waals surface area contributed by atoms with Gasteiger partial charge in [0.15, 0.2) is 0 Å². The molecule has 1 heterocycles. The molecular weight excluding hydrogens is 263 g/mol. The normalized spacial score (nSPS) is 10.7. The third-order valence-electron chi connectivity index (χ3n) is 2.76. The maximum Gasteiger partial charge on any atom is 0.272 e. The molecule has 1 N–H and O–H groups in total. The highest BCUT2D eigenvalue weighted by atomic mass is 19.1. The van der Waals surface area contributed by atoms with Gasteiger partial charge in [-0.05, 0) is 24.1 Å². The number of hydrogen-bond acceptors (Lipinski definition) is 4. The lowest BCUT2D eigenvalue weighted by Gasteiger charge is -2.05. The average Bonchev–Trinajstić information content (AvgIpc) is 2.80. The van der Waals surface area contributed by atoms with Crippen LogP contribution in [0.15, 0.2) is 30.6 Å². The van der Waals surface area contributed by atoms with Crippen LogP contribution in [0.4, 0.5) is 10.1 Å². The molecule has 6 nitrogen and oxygen atoms in total. The highest BCUT2D eigenvalue weighted by Gasteiger charge is 2.09. The smallest absolute Gasteiger partial charge is 0.272 e. The molecule has 0 saturated heterocycles. The molecule has 1 aromatic carbocycles. The van der Waals surface area contributed by atoms with Crippen molar-refractivity contribution in [2.24, 2.45) is 0 Å². The van der Waals surface area contributed by atoms with Crippen LogP contribution in [0.2, 0.25) is 0 Å². The summed E-state index contributed by atoms with van der Waals surface area (Å²) in [5, 5.41) is 17.9. The van der Waals surface area contributed by atoms with Gasteiger partial charge in [0, 0.05) is 25.4 Å². The number of nitrogens with zero attached hydrogens (tertiary/aromatic N) is 3. The first kappa shape index (κ1) is 14.1. The zero-order valence-electron chi connectivity index (χ0n) is 11.0. The van der Waals surface area contributed by atoms with Crippen molar-refractivity contribution in [2.45, 2.75) is 20.0 Å². The number of nitro groups is 1. The van der Waals surface area contributed by atoms with Gasteiger partial charge in [0.2, 0.25) is 0 Å². The third kappa shape index (κ3) is 3.86. The molecule has 0 amide bonds. The molecule has 0 aliphatic heterocycles. The Morgan fingerprint density at radius 2 is 2.25 bits per heavy atom. The summed E-state index contributed by atoms with van der Waals surface area (Å²) >= 11 is 0. The van der Waals surface area contributed by atoms with Crippen LogP contribution in [0.1, 0.15) is 11.1 Å². The Morgan fingerprint density at radius 1 is 1.45 bits per heavy atom. The summed E-state index contributed by atoms with van der Waals surface area (Å²) in [5.74, 6) is -0.598. The highest BCUT2D eigenvalue weighted by Crippen LogP contribution is 2.16. The van der Waals surface area contributed by atoms with E-state index in [0.717, 1.165) is 11.6 Å². The van der Waals surface area contributed by atoms with E-state index in [0.29, 0.717) is 25.2 Å². The lowest BCUT2D eigenvalue weighted by Crippen LogP contribution is -2.19. The number of nitro benzene ring substituents is 1. The van der Waals surface area contributed by atoms with Crippen molar-refractivity contribution in [1.82, 2.24) is 15.1 Å². The Hall–Kier alpha value is -2.28. The number of aryl methyl sites for hydroxylation is 1. The van der Waals surface area contributed by atoms with Gasteiger partial charge < -0.3 is 5.32 Å². The van der Waals surface area contributed by atoms with Crippen molar-refractivity contribution in [3.05, 3.63) is 57.7 Å². The number of rotatable bonds is 6. The first-order valence-electron chi connectivity index (χ1n) is 6.18. The average molecular weight is 278 g/mol. The molecule has 0 unspecified atom stereocenters. The van der Waals surface area contributed by atoms with Gasteiger partial charge in [0.25, 0.3) is 5.69 Å². The maximum absolute atomic E-state index is 13.2. The number of aromatic nitrogens is 2. The summed E-state index contributed by atoms with van der Waals surface area (Å²) in [7, 11) is 0. The van der Waals surface area contributed by atoms with Gasteiger partial charge in [-0.15, -0.1) is 0 Å². The fourth-order valence-electron chi connectivity index (χ4n) is 1.86. The summed E-state index contributed by atoms with van der Waals surface area (Å²) in [6.45, 7) is 3.67. The van der Waals surface area contributed by atoms with E-state index in [2.05, 4.69) is 10.4 Å². The second kappa shape index (κ2) is 6.25. The maximum atomic E-state index is 13.2. The van der Waals surface area contributed by atoms with Crippen molar-refractivity contribution < 1.29 is 9.31 Å². The van der Waals surface area contributed by atoms with Gasteiger partial charge in [-0.25, -0.2) is 4.39 Å². The minimum absolute atomic E-state index is 0.232. The van der Waals surface area contributed by atoms with Crippen molar-refractivity contribution in [3.8, 4) is 0 Å². The number of nitrogens with one attached hydrogen (secondary N) is 1. The first-order valence-corrected chi connectivity index (χ1v) is 6.18. The van der Waals surface area contributed by atoms with E-state index in [4.69, 9.17) is 0 Å². The van der Waals surface area contributed by atoms with Gasteiger partial charge >= 0.3 is 0 Å². The van der Waals surface area contributed by atoms with E-state index in [-0.39, 0.29) is 5.69 Å². The van der Waals surface area contributed by atoms with Crippen molar-refractivity contribution in [3.63, 3.8) is 0 Å². The van der Waals surface area contributed by atoms with Gasteiger partial charge in [-0.3, -0.25) is 14.8 Å². The topological polar surface area (TPSA) is 73.0 Å². The van der Waals surface area contributed by atoms with Crippen LogP contribution in [0.25, 0.3) is 0 Å². The van der Waals surface area contributed by atoms with E-state index < -0.39 is 10.7 Å². The van der Waals surface area contributed by atoms with E-state index in [1.54, 1.807) is 10.9 Å². The molecule has 0 spiro atoms. The quantitative estimate of drug-likeness (QED) is 0.498. The SMILES string of the molecule is Cc1cnn(CCNCc2cc(F)cc([N+](=O)[O-])c2)c1. The van der Waals surface area contributed by atoms with Crippen LogP contribution in [0.3, 0.4) is 0 Å². The molecule has 0 bridgehead atoms. The van der Waals surface area contributed by atoms with E-state index in [1.807, 2.05) is 13.1 Å². The van der Waals surface area contributed by atoms with Gasteiger partial charge in [-0.2, -0.15) is 5.10 Å². The van der Waals surface area contributed by atoms with Crippen LogP contribution < -0.4 is 5.32 Å². The molecule has 0 fully saturated rings. The molecule has 2 aromatic rings. The fourth-order valence-corrected chi connectivity index (χ4v) is 1.86. The molecule has 2 rings (SSSR count). The Balaban J connectivity index is 1.86. The Labute approximate surface area is 115 Å². The van der Waals surface area contributed by atoms with Crippen molar-refractivity contribution in [2.75, 3.05) is 6.54 Å². The first-order chi connectivity index (χ1) is 9.54. The monoisotopic (exact) mass is 278 g/mol. The standard InChI is InChI=1S/C13H15FN4O2/c1-10-7-16-17(9-10)3-2-15-8-11-4-12(14)6-13(5-11)18(19)20/h4-7,9,15H,2-3,8H2,1H3. The summed E-state index contributed by atoms with van der Waals surface area (Å²) < 4.78 is 15.0. The lowest BCUT2D eigenvalue weighted by atomic mass is 10.2. The predicted molar refractivity (Wildman–Crippen MR) is 71.7 cm³/mol. The van der Waals surface area contributed by atoms with E-state index >= 15 is 0 Å². The highest BCUT2D eigenvalue weighted by molar-refractivity contribution is 5.35. The predicted octanol–water partition coefficient (Wildman–Crippen LogP) is 2.03. The molecule has 1 aromatic heterocycles. The molecule has 7 heteroatoms. The molecule has 0 radical (unpaired) electrons. The Kier molecular flexibility index (Phi) is 4.41. The number of hydrogen-bond donors (Lipinski definition) is 1. The Morgan fingerprint density at radius 3 is 2.90 bits per heavy atom. The zero-order valence-corrected chi connectivity index (χ0v) is 11.0. The van der Waals surface area contributed by atoms with Gasteiger partial charge in [-0.1, -0.05) is 0 Å². The molecular formula is C13H15FN4O2. The van der Waals surface area contributed by atoms with Crippen molar-refractivity contribution in [1.29, 1.82) is 0 Å². The summed E-state index contributed by atoms with van der Waals surface area (Å²) in [6.07, 6.45) is 3.70. The van der Waals surface area contributed by atoms with Gasteiger partial charge in [0.1, 0.15) is 5.82 Å². The molecule has 0 aliphatic rings. The number of benzene rings is 1. The van der Waals surface area contributed by atoms with Crippen LogP contribution in [-0.2, 0) is 13.1 Å². The molecule has 0 saturated carbocycles. The summed E-state index contributed by atoms with van der Waals surface area (Å²) in [6, 6.07) is 3.57. The molecule has 106 valence electrons. The third-order valence-corrected chi connectivity index (χ3v) is 2.76. The molecule has 0 atom stereocenters. The molecule has 20 heavy (non-hydrogen) atoms. The van der Waals surface area contributed by atoms with Crippen LogP contribution >= 0.6 is 0 Å². The van der Waals surface area contributed by atoms with Crippen molar-refractivity contribution >= 4 is 5.69 Å². The minimum atomic E-state index is -0.598. The summed E-state index contributed by atoms with van der Waals surface area (Å²) in [5.41, 5.74) is 1.41. The fraction of sp³-hybridized carbons (Fsp3) is 0.308. The second-order valence-corrected chi connectivity index (χ2v) is 4.53. The van der Waals surface area contributed by atoms with Crippen LogP contribution in [0.5, 0.6) is 0 Å². The van der Waals surface area contributed by atoms with Gasteiger partial charge in [0.05, 0.1) is 23.7 Å². The lowest BCUT2D eigenvalue weighted by molar-refractivity contribution is -0.385. The Bertz CT molecular complexity index is 612. The second-order valence-electron chi connectivity index (χ2n) is 4.53. The van der Waals surface area contributed by atoms with Crippen LogP contribution in [0, 0.1) is 22.9 Å². The van der Waals surface area contributed by atoms with E-state index in [9.17, 15) is 14.5 Å².